The summed E-state index contributed by atoms with van der Waals surface area (Å²) in [6, 6.07) is 0. The summed E-state index contributed by atoms with van der Waals surface area (Å²) in [5.41, 5.74) is 11.6. The summed E-state index contributed by atoms with van der Waals surface area (Å²) in [7, 11) is 0. The zero-order valence-corrected chi connectivity index (χ0v) is 14.0. The molecule has 18 heavy (non-hydrogen) atoms. The minimum absolute atomic E-state index is 1.43. The maximum Gasteiger partial charge on any atom is -0.0392 e. The van der Waals surface area contributed by atoms with Crippen molar-refractivity contribution in [3.05, 3.63) is 44.5 Å². The van der Waals surface area contributed by atoms with E-state index in [1.54, 1.807) is 0 Å². The van der Waals surface area contributed by atoms with E-state index in [1.807, 2.05) is 0 Å². The first-order valence-electron chi connectivity index (χ1n) is 6.75. The van der Waals surface area contributed by atoms with Crippen molar-refractivity contribution < 1.29 is 0 Å². The fourth-order valence-corrected chi connectivity index (χ4v) is 1.69. The summed E-state index contributed by atoms with van der Waals surface area (Å²) >= 11 is 0. The Hall–Kier alpha value is -1.04. The topological polar surface area (TPSA) is 0 Å². The highest BCUT2D eigenvalue weighted by atomic mass is 14.1. The molecule has 0 N–H and O–H groups in total. The van der Waals surface area contributed by atoms with Crippen LogP contribution in [0.1, 0.15) is 61.1 Å². The van der Waals surface area contributed by atoms with Gasteiger partial charge in [-0.3, -0.25) is 0 Å². The molecule has 0 heteroatoms. The molecule has 0 spiro atoms. The molecular formula is C18H30. The lowest BCUT2D eigenvalue weighted by atomic mass is 9.90. The highest BCUT2D eigenvalue weighted by Gasteiger charge is 2.07. The predicted molar refractivity (Wildman–Crippen MR) is 84.6 cm³/mol. The Labute approximate surface area is 114 Å². The van der Waals surface area contributed by atoms with E-state index in [0.717, 1.165) is 0 Å². The third-order valence-corrected chi connectivity index (χ3v) is 4.38. The lowest BCUT2D eigenvalue weighted by molar-refractivity contribution is 1.13. The zero-order valence-electron chi connectivity index (χ0n) is 14.0. The summed E-state index contributed by atoms with van der Waals surface area (Å²) in [4.78, 5) is 0. The Morgan fingerprint density at radius 1 is 0.389 bits per heavy atom. The summed E-state index contributed by atoms with van der Waals surface area (Å²) in [6.45, 7) is 21.8. The monoisotopic (exact) mass is 246 g/mol. The van der Waals surface area contributed by atoms with E-state index in [0.29, 0.717) is 0 Å². The van der Waals surface area contributed by atoms with Gasteiger partial charge in [0, 0.05) is 0 Å². The summed E-state index contributed by atoms with van der Waals surface area (Å²) in [6.07, 6.45) is 0. The minimum atomic E-state index is 1.43. The Kier molecular flexibility index (Phi) is 6.38. The zero-order chi connectivity index (χ0) is 14.6. The van der Waals surface area contributed by atoms with Gasteiger partial charge in [-0.1, -0.05) is 11.1 Å². The second kappa shape index (κ2) is 6.78. The molecular weight excluding hydrogens is 216 g/mol. The highest BCUT2D eigenvalue weighted by molar-refractivity contribution is 5.48. The molecule has 0 aromatic heterocycles. The van der Waals surface area contributed by atoms with Crippen LogP contribution in [0.3, 0.4) is 0 Å². The van der Waals surface area contributed by atoms with Crippen molar-refractivity contribution in [3.63, 3.8) is 0 Å². The van der Waals surface area contributed by atoms with Gasteiger partial charge in [-0.05, 0) is 103 Å². The normalized spacial score (nSPS) is 9.67. The minimum Gasteiger partial charge on any atom is -0.0778 e. The van der Waals surface area contributed by atoms with Gasteiger partial charge in [0.1, 0.15) is 0 Å². The lowest BCUT2D eigenvalue weighted by Crippen LogP contribution is -1.98. The van der Waals surface area contributed by atoms with Crippen LogP contribution in [0.15, 0.2) is 11.1 Å². The van der Waals surface area contributed by atoms with Crippen molar-refractivity contribution in [1.29, 1.82) is 0 Å². The molecule has 0 aliphatic heterocycles. The largest absolute Gasteiger partial charge is 0.0778 e. The maximum absolute atomic E-state index is 2.21. The number of hydrogen-bond acceptors (Lipinski definition) is 0. The fourth-order valence-electron chi connectivity index (χ4n) is 1.69. The van der Waals surface area contributed by atoms with Gasteiger partial charge in [0.2, 0.25) is 0 Å². The van der Waals surface area contributed by atoms with Crippen molar-refractivity contribution in [1.82, 2.24) is 0 Å². The van der Waals surface area contributed by atoms with E-state index in [-0.39, 0.29) is 0 Å². The molecule has 0 aliphatic rings. The molecule has 0 bridgehead atoms. The standard InChI is InChI=1S/C12H18.C6H12/c1-7-8(2)10(4)12(6)11(5)9(7)3;1-5(2)6(3)4/h1-6H3;1-4H3. The molecule has 0 heterocycles. The van der Waals surface area contributed by atoms with E-state index >= 15 is 0 Å². The van der Waals surface area contributed by atoms with Gasteiger partial charge in [0.15, 0.2) is 0 Å². The Balaban J connectivity index is 0.000000411. The van der Waals surface area contributed by atoms with Gasteiger partial charge in [-0.2, -0.15) is 0 Å². The Morgan fingerprint density at radius 3 is 0.556 bits per heavy atom. The van der Waals surface area contributed by atoms with Crippen LogP contribution in [-0.4, -0.2) is 0 Å². The smallest absolute Gasteiger partial charge is 0.0392 e. The third kappa shape index (κ3) is 4.01. The highest BCUT2D eigenvalue weighted by Crippen LogP contribution is 2.24. The Morgan fingerprint density at radius 2 is 0.500 bits per heavy atom. The number of hydrogen-bond donors (Lipinski definition) is 0. The van der Waals surface area contributed by atoms with Crippen molar-refractivity contribution in [2.75, 3.05) is 0 Å². The van der Waals surface area contributed by atoms with Crippen molar-refractivity contribution in [2.45, 2.75) is 69.2 Å². The van der Waals surface area contributed by atoms with Crippen LogP contribution >= 0.6 is 0 Å². The van der Waals surface area contributed by atoms with Crippen LogP contribution in [0.2, 0.25) is 0 Å². The molecule has 1 aromatic carbocycles. The van der Waals surface area contributed by atoms with E-state index < -0.39 is 0 Å². The van der Waals surface area contributed by atoms with Crippen LogP contribution in [0, 0.1) is 41.5 Å². The van der Waals surface area contributed by atoms with Gasteiger partial charge >= 0.3 is 0 Å². The molecule has 102 valence electrons. The summed E-state index contributed by atoms with van der Waals surface area (Å²) in [5, 5.41) is 0. The molecule has 0 atom stereocenters. The molecule has 0 saturated heterocycles. The van der Waals surface area contributed by atoms with Crippen LogP contribution in [0.5, 0.6) is 0 Å². The SMILES string of the molecule is CC(C)=C(C)C.Cc1c(C)c(C)c(C)c(C)c1C. The molecule has 0 saturated carbocycles. The summed E-state index contributed by atoms with van der Waals surface area (Å²) in [5.74, 6) is 0. The van der Waals surface area contributed by atoms with Crippen LogP contribution in [0.25, 0.3) is 0 Å². The maximum atomic E-state index is 2.21. The van der Waals surface area contributed by atoms with E-state index in [1.165, 1.54) is 44.5 Å². The molecule has 1 rings (SSSR count). The second-order valence-electron chi connectivity index (χ2n) is 5.75. The van der Waals surface area contributed by atoms with Crippen LogP contribution < -0.4 is 0 Å². The number of benzene rings is 1. The van der Waals surface area contributed by atoms with E-state index in [2.05, 4.69) is 69.2 Å². The summed E-state index contributed by atoms with van der Waals surface area (Å²) < 4.78 is 0. The van der Waals surface area contributed by atoms with E-state index in [4.69, 9.17) is 0 Å². The first kappa shape index (κ1) is 17.0. The van der Waals surface area contributed by atoms with Gasteiger partial charge in [0.25, 0.3) is 0 Å². The predicted octanol–water partition coefficient (Wildman–Crippen LogP) is 5.90. The first-order chi connectivity index (χ1) is 8.11. The number of rotatable bonds is 0. The molecule has 0 aliphatic carbocycles. The van der Waals surface area contributed by atoms with Crippen molar-refractivity contribution in [3.8, 4) is 0 Å². The molecule has 0 unspecified atom stereocenters. The van der Waals surface area contributed by atoms with Gasteiger partial charge < -0.3 is 0 Å². The van der Waals surface area contributed by atoms with Gasteiger partial charge in [0.05, 0.1) is 0 Å². The molecule has 1 aromatic rings. The fraction of sp³-hybridized carbons (Fsp3) is 0.556. The molecule has 0 fully saturated rings. The quantitative estimate of drug-likeness (QED) is 0.500. The molecule has 0 amide bonds. The number of allylic oxidation sites excluding steroid dienone is 2. The van der Waals surface area contributed by atoms with Gasteiger partial charge in [-0.15, -0.1) is 0 Å². The Bertz CT molecular complexity index is 336. The van der Waals surface area contributed by atoms with Gasteiger partial charge in [-0.25, -0.2) is 0 Å². The van der Waals surface area contributed by atoms with Crippen LogP contribution in [0.4, 0.5) is 0 Å². The third-order valence-electron chi connectivity index (χ3n) is 4.38. The van der Waals surface area contributed by atoms with Crippen LogP contribution in [-0.2, 0) is 0 Å². The van der Waals surface area contributed by atoms with Crippen molar-refractivity contribution in [2.24, 2.45) is 0 Å². The average Bonchev–Trinajstić information content (AvgIpc) is 2.32. The lowest BCUT2D eigenvalue weighted by Gasteiger charge is -2.15. The van der Waals surface area contributed by atoms with Crippen molar-refractivity contribution >= 4 is 0 Å². The average molecular weight is 246 g/mol. The first-order valence-corrected chi connectivity index (χ1v) is 6.75. The molecule has 0 nitrogen and oxygen atoms in total. The van der Waals surface area contributed by atoms with E-state index in [9.17, 15) is 0 Å². The molecule has 0 radical (unpaired) electrons. The second-order valence-corrected chi connectivity index (χ2v) is 5.75.